The second-order valence-corrected chi connectivity index (χ2v) is 5.28. The number of benzene rings is 1. The molecular weight excluding hydrogens is 212 g/mol. The van der Waals surface area contributed by atoms with Gasteiger partial charge in [-0.1, -0.05) is 12.1 Å². The molecule has 0 heterocycles. The van der Waals surface area contributed by atoms with Crippen LogP contribution in [0.2, 0.25) is 0 Å². The maximum absolute atomic E-state index is 10.5. The Labute approximate surface area is 104 Å². The molecule has 0 aromatic heterocycles. The molecule has 1 aliphatic carbocycles. The van der Waals surface area contributed by atoms with E-state index in [4.69, 9.17) is 4.74 Å². The highest BCUT2D eigenvalue weighted by molar-refractivity contribution is 5.38. The standard InChI is InChI=1S/C15H22O2/c1-9-7-11(3)13(8-10(9)2)14(16)15(17-4)12-5-6-12/h7-8,12,14-16H,5-6H2,1-4H3. The molecule has 0 aliphatic heterocycles. The van der Waals surface area contributed by atoms with Gasteiger partial charge in [0.2, 0.25) is 0 Å². The van der Waals surface area contributed by atoms with E-state index in [1.165, 1.54) is 24.0 Å². The molecule has 2 nitrogen and oxygen atoms in total. The van der Waals surface area contributed by atoms with Gasteiger partial charge in [0.05, 0.1) is 6.10 Å². The monoisotopic (exact) mass is 234 g/mol. The Bertz CT molecular complexity index is 408. The van der Waals surface area contributed by atoms with Crippen LogP contribution in [0.1, 0.15) is 41.2 Å². The topological polar surface area (TPSA) is 29.5 Å². The van der Waals surface area contributed by atoms with Crippen molar-refractivity contribution in [1.29, 1.82) is 0 Å². The largest absolute Gasteiger partial charge is 0.386 e. The molecule has 1 aliphatic rings. The van der Waals surface area contributed by atoms with Crippen LogP contribution in [0.15, 0.2) is 12.1 Å². The Balaban J connectivity index is 2.28. The number of aryl methyl sites for hydroxylation is 3. The minimum atomic E-state index is -0.494. The fourth-order valence-electron chi connectivity index (χ4n) is 2.48. The van der Waals surface area contributed by atoms with Gasteiger partial charge in [0.15, 0.2) is 0 Å². The molecule has 2 heteroatoms. The summed E-state index contributed by atoms with van der Waals surface area (Å²) >= 11 is 0. The average Bonchev–Trinajstić information content (AvgIpc) is 3.08. The Morgan fingerprint density at radius 3 is 2.24 bits per heavy atom. The highest BCUT2D eigenvalue weighted by Gasteiger charge is 2.37. The molecule has 2 rings (SSSR count). The Hall–Kier alpha value is -0.860. The van der Waals surface area contributed by atoms with E-state index in [9.17, 15) is 5.11 Å². The number of aliphatic hydroxyl groups is 1. The maximum atomic E-state index is 10.5. The molecule has 94 valence electrons. The lowest BCUT2D eigenvalue weighted by molar-refractivity contribution is -0.0262. The van der Waals surface area contributed by atoms with Crippen molar-refractivity contribution in [3.63, 3.8) is 0 Å². The summed E-state index contributed by atoms with van der Waals surface area (Å²) in [6, 6.07) is 4.25. The molecular formula is C15H22O2. The average molecular weight is 234 g/mol. The van der Waals surface area contributed by atoms with Crippen molar-refractivity contribution in [1.82, 2.24) is 0 Å². The quantitative estimate of drug-likeness (QED) is 0.867. The fraction of sp³-hybridized carbons (Fsp3) is 0.600. The van der Waals surface area contributed by atoms with E-state index in [-0.39, 0.29) is 6.10 Å². The molecule has 1 aromatic carbocycles. The Morgan fingerprint density at radius 1 is 1.12 bits per heavy atom. The first-order valence-corrected chi connectivity index (χ1v) is 6.33. The Kier molecular flexibility index (Phi) is 3.55. The molecule has 1 fully saturated rings. The highest BCUT2D eigenvalue weighted by Crippen LogP contribution is 2.40. The molecule has 17 heavy (non-hydrogen) atoms. The summed E-state index contributed by atoms with van der Waals surface area (Å²) < 4.78 is 5.47. The third-order valence-electron chi connectivity index (χ3n) is 3.87. The van der Waals surface area contributed by atoms with E-state index in [1.54, 1.807) is 7.11 Å². The second kappa shape index (κ2) is 4.79. The first-order valence-electron chi connectivity index (χ1n) is 6.33. The number of rotatable bonds is 4. The lowest BCUT2D eigenvalue weighted by Gasteiger charge is -2.24. The minimum absolute atomic E-state index is 0.0455. The van der Waals surface area contributed by atoms with Crippen molar-refractivity contribution in [2.75, 3.05) is 7.11 Å². The van der Waals surface area contributed by atoms with Crippen molar-refractivity contribution < 1.29 is 9.84 Å². The zero-order valence-corrected chi connectivity index (χ0v) is 11.2. The number of methoxy groups -OCH3 is 1. The van der Waals surface area contributed by atoms with Crippen LogP contribution in [0.5, 0.6) is 0 Å². The maximum Gasteiger partial charge on any atom is 0.106 e. The minimum Gasteiger partial charge on any atom is -0.386 e. The van der Waals surface area contributed by atoms with Crippen molar-refractivity contribution in [3.05, 3.63) is 34.4 Å². The van der Waals surface area contributed by atoms with Gasteiger partial charge in [-0.15, -0.1) is 0 Å². The van der Waals surface area contributed by atoms with Gasteiger partial charge in [-0.05, 0) is 61.8 Å². The zero-order chi connectivity index (χ0) is 12.6. The SMILES string of the molecule is COC(C1CC1)C(O)c1cc(C)c(C)cc1C. The van der Waals surface area contributed by atoms with Gasteiger partial charge >= 0.3 is 0 Å². The van der Waals surface area contributed by atoms with Gasteiger partial charge < -0.3 is 9.84 Å². The first kappa shape index (κ1) is 12.6. The van der Waals surface area contributed by atoms with Crippen molar-refractivity contribution in [2.24, 2.45) is 5.92 Å². The van der Waals surface area contributed by atoms with Crippen molar-refractivity contribution in [2.45, 2.75) is 45.8 Å². The summed E-state index contributed by atoms with van der Waals surface area (Å²) in [6.07, 6.45) is 1.82. The van der Waals surface area contributed by atoms with E-state index < -0.39 is 6.10 Å². The molecule has 1 N–H and O–H groups in total. The molecule has 0 radical (unpaired) electrons. The van der Waals surface area contributed by atoms with Crippen LogP contribution in [-0.4, -0.2) is 18.3 Å². The van der Waals surface area contributed by atoms with Crippen LogP contribution in [0.25, 0.3) is 0 Å². The van der Waals surface area contributed by atoms with Gasteiger partial charge in [-0.25, -0.2) is 0 Å². The van der Waals surface area contributed by atoms with E-state index in [1.807, 2.05) is 0 Å². The predicted octanol–water partition coefficient (Wildman–Crippen LogP) is 3.07. The van der Waals surface area contributed by atoms with E-state index in [0.29, 0.717) is 5.92 Å². The predicted molar refractivity (Wildman–Crippen MR) is 69.1 cm³/mol. The molecule has 0 saturated heterocycles. The molecule has 0 bridgehead atoms. The summed E-state index contributed by atoms with van der Waals surface area (Å²) in [6.45, 7) is 6.25. The van der Waals surface area contributed by atoms with Crippen LogP contribution in [0.3, 0.4) is 0 Å². The second-order valence-electron chi connectivity index (χ2n) is 5.28. The number of hydrogen-bond donors (Lipinski definition) is 1. The lowest BCUT2D eigenvalue weighted by atomic mass is 9.93. The van der Waals surface area contributed by atoms with E-state index >= 15 is 0 Å². The van der Waals surface area contributed by atoms with Gasteiger partial charge in [-0.2, -0.15) is 0 Å². The fourth-order valence-corrected chi connectivity index (χ4v) is 2.48. The molecule has 0 amide bonds. The van der Waals surface area contributed by atoms with Crippen LogP contribution in [0.4, 0.5) is 0 Å². The highest BCUT2D eigenvalue weighted by atomic mass is 16.5. The van der Waals surface area contributed by atoms with Crippen LogP contribution in [0, 0.1) is 26.7 Å². The van der Waals surface area contributed by atoms with Crippen molar-refractivity contribution in [3.8, 4) is 0 Å². The summed E-state index contributed by atoms with van der Waals surface area (Å²) in [7, 11) is 1.70. The summed E-state index contributed by atoms with van der Waals surface area (Å²) in [5, 5.41) is 10.5. The first-order chi connectivity index (χ1) is 8.04. The van der Waals surface area contributed by atoms with E-state index in [0.717, 1.165) is 11.1 Å². The smallest absolute Gasteiger partial charge is 0.106 e. The number of hydrogen-bond acceptors (Lipinski definition) is 2. The zero-order valence-electron chi connectivity index (χ0n) is 11.2. The molecule has 1 aromatic rings. The van der Waals surface area contributed by atoms with Crippen molar-refractivity contribution >= 4 is 0 Å². The third kappa shape index (κ3) is 2.53. The molecule has 0 spiro atoms. The number of ether oxygens (including phenoxy) is 1. The van der Waals surface area contributed by atoms with Crippen LogP contribution >= 0.6 is 0 Å². The molecule has 2 unspecified atom stereocenters. The number of aliphatic hydroxyl groups excluding tert-OH is 1. The summed E-state index contributed by atoms with van der Waals surface area (Å²) in [5.74, 6) is 0.538. The normalized spacial score (nSPS) is 19.1. The van der Waals surface area contributed by atoms with Gasteiger partial charge in [0.1, 0.15) is 6.10 Å². The lowest BCUT2D eigenvalue weighted by Crippen LogP contribution is -2.23. The van der Waals surface area contributed by atoms with Gasteiger partial charge in [0.25, 0.3) is 0 Å². The Morgan fingerprint density at radius 2 is 1.71 bits per heavy atom. The molecule has 2 atom stereocenters. The third-order valence-corrected chi connectivity index (χ3v) is 3.87. The molecule has 1 saturated carbocycles. The van der Waals surface area contributed by atoms with Gasteiger partial charge in [0, 0.05) is 7.11 Å². The summed E-state index contributed by atoms with van der Waals surface area (Å²) in [5.41, 5.74) is 4.68. The summed E-state index contributed by atoms with van der Waals surface area (Å²) in [4.78, 5) is 0. The van der Waals surface area contributed by atoms with Gasteiger partial charge in [-0.3, -0.25) is 0 Å². The van der Waals surface area contributed by atoms with E-state index in [2.05, 4.69) is 32.9 Å². The van der Waals surface area contributed by atoms with Crippen LogP contribution in [-0.2, 0) is 4.74 Å². The van der Waals surface area contributed by atoms with Crippen LogP contribution < -0.4 is 0 Å².